The van der Waals surface area contributed by atoms with Gasteiger partial charge in [-0.3, -0.25) is 9.59 Å². The highest BCUT2D eigenvalue weighted by Gasteiger charge is 2.43. The van der Waals surface area contributed by atoms with Crippen LogP contribution in [0.15, 0.2) is 60.2 Å². The van der Waals surface area contributed by atoms with E-state index in [9.17, 15) is 9.59 Å². The minimum absolute atomic E-state index is 0.0386. The van der Waals surface area contributed by atoms with Crippen LogP contribution in [0.3, 0.4) is 0 Å². The molecule has 0 fully saturated rings. The molecule has 3 aliphatic rings. The van der Waals surface area contributed by atoms with Gasteiger partial charge in [0.2, 0.25) is 5.91 Å². The zero-order chi connectivity index (χ0) is 24.4. The molecule has 7 nitrogen and oxygen atoms in total. The molecule has 2 aliphatic carbocycles. The van der Waals surface area contributed by atoms with Crippen molar-refractivity contribution < 1.29 is 9.59 Å². The third kappa shape index (κ3) is 5.04. The number of H-pyrrole nitrogens is 1. The number of hydrogen-bond donors (Lipinski definition) is 3. The molecule has 2 heterocycles. The Balaban J connectivity index is 1.49. The predicted octanol–water partition coefficient (Wildman–Crippen LogP) is 4.37. The van der Waals surface area contributed by atoms with Gasteiger partial charge in [0.1, 0.15) is 0 Å². The maximum absolute atomic E-state index is 13.7. The van der Waals surface area contributed by atoms with Gasteiger partial charge < -0.3 is 20.5 Å². The van der Waals surface area contributed by atoms with Crippen molar-refractivity contribution in [1.29, 1.82) is 0 Å². The second kappa shape index (κ2) is 9.72. The smallest absolute Gasteiger partial charge is 0.239 e. The molecule has 2 aromatic rings. The second-order valence-corrected chi connectivity index (χ2v) is 10.8. The average Bonchev–Trinajstić information content (AvgIpc) is 3.30. The van der Waals surface area contributed by atoms with Gasteiger partial charge in [-0.05, 0) is 49.1 Å². The number of ketones is 1. The number of anilines is 2. The number of Topliss-reactive ketones (excluding diaryl/α,β-unsaturated/α-hetero) is 1. The number of nitrogens with one attached hydrogen (secondary N) is 3. The number of rotatable bonds is 6. The third-order valence-electron chi connectivity index (χ3n) is 7.39. The van der Waals surface area contributed by atoms with E-state index in [-0.39, 0.29) is 35.6 Å². The van der Waals surface area contributed by atoms with Gasteiger partial charge >= 0.3 is 0 Å². The maximum atomic E-state index is 13.7. The van der Waals surface area contributed by atoms with Gasteiger partial charge in [-0.1, -0.05) is 38.1 Å². The van der Waals surface area contributed by atoms with Crippen molar-refractivity contribution in [1.82, 2.24) is 15.3 Å². The first-order valence-electron chi connectivity index (χ1n) is 12.7. The normalized spacial score (nSPS) is 23.3. The maximum Gasteiger partial charge on any atom is 0.239 e. The van der Waals surface area contributed by atoms with Gasteiger partial charge in [-0.15, -0.1) is 0 Å². The molecule has 1 amide bonds. The van der Waals surface area contributed by atoms with E-state index >= 15 is 0 Å². The van der Waals surface area contributed by atoms with Crippen molar-refractivity contribution >= 4 is 23.1 Å². The predicted molar refractivity (Wildman–Crippen MR) is 138 cm³/mol. The van der Waals surface area contributed by atoms with Gasteiger partial charge in [0.05, 0.1) is 30.3 Å². The molecule has 0 unspecified atom stereocenters. The first-order chi connectivity index (χ1) is 16.9. The molecule has 1 aliphatic heterocycles. The highest BCUT2D eigenvalue weighted by molar-refractivity contribution is 6.01. The summed E-state index contributed by atoms with van der Waals surface area (Å²) >= 11 is 0. The van der Waals surface area contributed by atoms with E-state index < -0.39 is 0 Å². The number of imidazole rings is 1. The Bertz CT molecular complexity index is 1150. The van der Waals surface area contributed by atoms with Crippen LogP contribution in [0, 0.1) is 11.3 Å². The molecular formula is C28H35N5O2. The van der Waals surface area contributed by atoms with Crippen molar-refractivity contribution in [3.63, 3.8) is 0 Å². The largest absolute Gasteiger partial charge is 0.357 e. The molecule has 3 N–H and O–H groups in total. The molecule has 0 bridgehead atoms. The Kier molecular flexibility index (Phi) is 6.50. The van der Waals surface area contributed by atoms with Crippen LogP contribution in [0.2, 0.25) is 0 Å². The summed E-state index contributed by atoms with van der Waals surface area (Å²) in [5.41, 5.74) is 4.76. The fourth-order valence-corrected chi connectivity index (χ4v) is 5.83. The quantitative estimate of drug-likeness (QED) is 0.542. The third-order valence-corrected chi connectivity index (χ3v) is 7.39. The molecule has 1 aromatic carbocycles. The van der Waals surface area contributed by atoms with Crippen LogP contribution in [-0.2, 0) is 16.0 Å². The lowest BCUT2D eigenvalue weighted by molar-refractivity contribution is -0.120. The van der Waals surface area contributed by atoms with Crippen LogP contribution >= 0.6 is 0 Å². The highest BCUT2D eigenvalue weighted by Crippen LogP contribution is 2.46. The van der Waals surface area contributed by atoms with Crippen LogP contribution in [0.1, 0.15) is 51.6 Å². The van der Waals surface area contributed by atoms with Crippen LogP contribution in [0.4, 0.5) is 11.4 Å². The fourth-order valence-electron chi connectivity index (χ4n) is 5.83. The van der Waals surface area contributed by atoms with Gasteiger partial charge in [-0.25, -0.2) is 4.98 Å². The lowest BCUT2D eigenvalue weighted by atomic mass is 9.71. The first kappa shape index (κ1) is 23.4. The van der Waals surface area contributed by atoms with Gasteiger partial charge in [0.15, 0.2) is 5.78 Å². The van der Waals surface area contributed by atoms with Gasteiger partial charge in [0.25, 0.3) is 0 Å². The zero-order valence-electron chi connectivity index (χ0n) is 20.6. The molecule has 7 heteroatoms. The van der Waals surface area contributed by atoms with Gasteiger partial charge in [0, 0.05) is 42.5 Å². The lowest BCUT2D eigenvalue weighted by Gasteiger charge is -2.41. The van der Waals surface area contributed by atoms with Crippen molar-refractivity contribution in [2.75, 3.05) is 23.3 Å². The molecule has 2 atom stereocenters. The standard InChI is InChI=1S/C28H35N5O2/c1-28(2)14-22-26(24(34)15-28)27(19-8-4-3-5-9-19)33(23-11-7-6-10-21(23)32-22)17-25(35)30-13-12-20-16-29-18-31-20/h3-4,6-7,10-11,16,18-19,27,32H,5,8-9,12-15,17H2,1-2H3,(H,29,31)(H,30,35)/t19-,27+/m1/s1. The minimum Gasteiger partial charge on any atom is -0.357 e. The summed E-state index contributed by atoms with van der Waals surface area (Å²) in [6.07, 6.45) is 12.9. The second-order valence-electron chi connectivity index (χ2n) is 10.8. The fraction of sp³-hybridized carbons (Fsp3) is 0.464. The van der Waals surface area contributed by atoms with Crippen LogP contribution in [-0.4, -0.2) is 40.8 Å². The molecule has 5 rings (SSSR count). The molecule has 1 aromatic heterocycles. The van der Waals surface area contributed by atoms with E-state index in [2.05, 4.69) is 63.6 Å². The van der Waals surface area contributed by atoms with E-state index in [1.165, 1.54) is 0 Å². The number of hydrogen-bond acceptors (Lipinski definition) is 5. The number of aromatic amines is 1. The Morgan fingerprint density at radius 3 is 2.86 bits per heavy atom. The Hall–Kier alpha value is -3.35. The molecule has 0 radical (unpaired) electrons. The van der Waals surface area contributed by atoms with Crippen LogP contribution in [0.5, 0.6) is 0 Å². The topological polar surface area (TPSA) is 90.1 Å². The molecule has 0 saturated heterocycles. The van der Waals surface area contributed by atoms with E-state index in [4.69, 9.17) is 0 Å². The number of fused-ring (bicyclic) bond motifs is 1. The van der Waals surface area contributed by atoms with Crippen molar-refractivity contribution in [3.8, 4) is 0 Å². The number of benzene rings is 1. The summed E-state index contributed by atoms with van der Waals surface area (Å²) in [5, 5.41) is 6.71. The monoisotopic (exact) mass is 473 g/mol. The van der Waals surface area contributed by atoms with Crippen molar-refractivity contribution in [2.45, 2.75) is 58.4 Å². The summed E-state index contributed by atoms with van der Waals surface area (Å²) in [6.45, 7) is 5.07. The van der Waals surface area contributed by atoms with E-state index in [0.717, 1.165) is 54.0 Å². The summed E-state index contributed by atoms with van der Waals surface area (Å²) in [6, 6.07) is 8.01. The minimum atomic E-state index is -0.131. The average molecular weight is 474 g/mol. The number of amides is 1. The number of carbonyl (C=O) groups is 2. The van der Waals surface area contributed by atoms with E-state index in [1.54, 1.807) is 12.5 Å². The summed E-state index contributed by atoms with van der Waals surface area (Å²) in [5.74, 6) is 0.449. The van der Waals surface area contributed by atoms with E-state index in [1.807, 2.05) is 12.1 Å². The van der Waals surface area contributed by atoms with E-state index in [0.29, 0.717) is 19.4 Å². The zero-order valence-corrected chi connectivity index (χ0v) is 20.6. The van der Waals surface area contributed by atoms with Crippen molar-refractivity contribution in [3.05, 3.63) is 65.9 Å². The first-order valence-corrected chi connectivity index (χ1v) is 12.7. The van der Waals surface area contributed by atoms with Gasteiger partial charge in [-0.2, -0.15) is 0 Å². The van der Waals surface area contributed by atoms with Crippen LogP contribution in [0.25, 0.3) is 0 Å². The Labute approximate surface area is 207 Å². The molecular weight excluding hydrogens is 438 g/mol. The lowest BCUT2D eigenvalue weighted by Crippen LogP contribution is -2.50. The van der Waals surface area contributed by atoms with Crippen LogP contribution < -0.4 is 15.5 Å². The number of allylic oxidation sites excluding steroid dienone is 3. The summed E-state index contributed by atoms with van der Waals surface area (Å²) < 4.78 is 0. The SMILES string of the molecule is CC1(C)CC(=O)C2=C(C1)Nc1ccccc1N(CC(=O)NCCc1cnc[nH]1)[C@H]2[C@@H]1CC=CCC1. The number of carbonyl (C=O) groups excluding carboxylic acids is 2. The highest BCUT2D eigenvalue weighted by atomic mass is 16.2. The molecule has 0 spiro atoms. The number of aromatic nitrogens is 2. The Morgan fingerprint density at radius 1 is 1.23 bits per heavy atom. The molecule has 184 valence electrons. The number of nitrogens with zero attached hydrogens (tertiary/aromatic N) is 2. The molecule has 0 saturated carbocycles. The van der Waals surface area contributed by atoms with Crippen molar-refractivity contribution in [2.24, 2.45) is 11.3 Å². The summed E-state index contributed by atoms with van der Waals surface area (Å²) in [7, 11) is 0. The number of para-hydroxylation sites is 2. The molecule has 35 heavy (non-hydrogen) atoms. The summed E-state index contributed by atoms with van der Waals surface area (Å²) in [4.78, 5) is 36.2. The Morgan fingerprint density at radius 2 is 2.09 bits per heavy atom.